The van der Waals surface area contributed by atoms with Crippen LogP contribution in [0.1, 0.15) is 19.4 Å². The maximum Gasteiger partial charge on any atom is 0.165 e. The fraction of sp³-hybridized carbons (Fsp3) is 0.455. The highest BCUT2D eigenvalue weighted by molar-refractivity contribution is 5.85. The Balaban J connectivity index is 0.00000112. The lowest BCUT2D eigenvalue weighted by atomic mass is 10.1. The van der Waals surface area contributed by atoms with Crippen molar-refractivity contribution < 1.29 is 9.13 Å². The molecule has 84 valence electrons. The third-order valence-corrected chi connectivity index (χ3v) is 2.29. The first kappa shape index (κ1) is 12.3. The third-order valence-electron chi connectivity index (χ3n) is 2.29. The summed E-state index contributed by atoms with van der Waals surface area (Å²) < 4.78 is 19.1. The van der Waals surface area contributed by atoms with E-state index in [-0.39, 0.29) is 23.8 Å². The van der Waals surface area contributed by atoms with Crippen molar-refractivity contribution in [1.82, 2.24) is 5.32 Å². The van der Waals surface area contributed by atoms with E-state index in [9.17, 15) is 4.39 Å². The number of ether oxygens (including phenoxy) is 1. The molecule has 2 rings (SSSR count). The van der Waals surface area contributed by atoms with Crippen LogP contribution in [-0.2, 0) is 6.54 Å². The van der Waals surface area contributed by atoms with E-state index in [1.54, 1.807) is 6.07 Å². The van der Waals surface area contributed by atoms with Crippen LogP contribution in [0.3, 0.4) is 0 Å². The topological polar surface area (TPSA) is 21.3 Å². The smallest absolute Gasteiger partial charge is 0.165 e. The summed E-state index contributed by atoms with van der Waals surface area (Å²) in [7, 11) is 0. The van der Waals surface area contributed by atoms with Crippen LogP contribution in [0.4, 0.5) is 4.39 Å². The van der Waals surface area contributed by atoms with Gasteiger partial charge < -0.3 is 10.1 Å². The zero-order valence-electron chi connectivity index (χ0n) is 8.84. The van der Waals surface area contributed by atoms with Crippen molar-refractivity contribution >= 4 is 12.4 Å². The van der Waals surface area contributed by atoms with E-state index in [1.165, 1.54) is 6.07 Å². The molecule has 4 heteroatoms. The minimum absolute atomic E-state index is 0. The lowest BCUT2D eigenvalue weighted by molar-refractivity contribution is 0.109. The van der Waals surface area contributed by atoms with Gasteiger partial charge in [-0.15, -0.1) is 12.4 Å². The van der Waals surface area contributed by atoms with Crippen LogP contribution >= 0.6 is 12.4 Å². The summed E-state index contributed by atoms with van der Waals surface area (Å²) in [4.78, 5) is 0. The highest BCUT2D eigenvalue weighted by atomic mass is 35.5. The molecule has 1 aromatic rings. The van der Waals surface area contributed by atoms with Crippen LogP contribution in [0, 0.1) is 5.82 Å². The van der Waals surface area contributed by atoms with Crippen molar-refractivity contribution in [3.63, 3.8) is 0 Å². The summed E-state index contributed by atoms with van der Waals surface area (Å²) in [6.45, 7) is 5.28. The molecule has 1 heterocycles. The molecule has 0 saturated carbocycles. The van der Waals surface area contributed by atoms with Crippen LogP contribution in [0.2, 0.25) is 0 Å². The van der Waals surface area contributed by atoms with E-state index in [1.807, 2.05) is 19.9 Å². The minimum Gasteiger partial charge on any atom is -0.483 e. The van der Waals surface area contributed by atoms with E-state index in [4.69, 9.17) is 4.74 Å². The number of hydrogen-bond donors (Lipinski definition) is 1. The number of rotatable bonds is 0. The Bertz CT molecular complexity index is 354. The molecule has 0 radical (unpaired) electrons. The first-order valence-electron chi connectivity index (χ1n) is 4.76. The number of benzene rings is 1. The number of nitrogens with one attached hydrogen (secondary N) is 1. The molecule has 0 bridgehead atoms. The Morgan fingerprint density at radius 2 is 2.13 bits per heavy atom. The second-order valence-electron chi connectivity index (χ2n) is 4.19. The van der Waals surface area contributed by atoms with Gasteiger partial charge in [0.25, 0.3) is 0 Å². The zero-order chi connectivity index (χ0) is 10.2. The average Bonchev–Trinajstić information content (AvgIpc) is 2.24. The van der Waals surface area contributed by atoms with Crippen molar-refractivity contribution in [1.29, 1.82) is 0 Å². The molecule has 0 unspecified atom stereocenters. The molecule has 0 saturated heterocycles. The highest BCUT2D eigenvalue weighted by Gasteiger charge is 2.25. The molecule has 0 atom stereocenters. The summed E-state index contributed by atoms with van der Waals surface area (Å²) in [5.41, 5.74) is 0.531. The predicted molar refractivity (Wildman–Crippen MR) is 60.1 cm³/mol. The Morgan fingerprint density at radius 1 is 1.40 bits per heavy atom. The first-order chi connectivity index (χ1) is 6.58. The van der Waals surface area contributed by atoms with Gasteiger partial charge in [-0.3, -0.25) is 0 Å². The average molecular weight is 232 g/mol. The molecule has 15 heavy (non-hydrogen) atoms. The van der Waals surface area contributed by atoms with Gasteiger partial charge >= 0.3 is 0 Å². The van der Waals surface area contributed by atoms with Gasteiger partial charge in [0.2, 0.25) is 0 Å². The van der Waals surface area contributed by atoms with Crippen molar-refractivity contribution in [3.8, 4) is 5.75 Å². The van der Waals surface area contributed by atoms with Crippen molar-refractivity contribution in [3.05, 3.63) is 29.6 Å². The van der Waals surface area contributed by atoms with Gasteiger partial charge in [-0.05, 0) is 19.9 Å². The molecular formula is C11H15ClFNO. The maximum absolute atomic E-state index is 13.4. The monoisotopic (exact) mass is 231 g/mol. The Hall–Kier alpha value is -0.800. The number of halogens is 2. The summed E-state index contributed by atoms with van der Waals surface area (Å²) in [6.07, 6.45) is 0. The van der Waals surface area contributed by atoms with Crippen molar-refractivity contribution in [2.45, 2.75) is 26.0 Å². The Labute approximate surface area is 95.2 Å². The molecule has 1 N–H and O–H groups in total. The van der Waals surface area contributed by atoms with Crippen LogP contribution in [-0.4, -0.2) is 12.1 Å². The molecule has 0 fully saturated rings. The summed E-state index contributed by atoms with van der Waals surface area (Å²) >= 11 is 0. The van der Waals surface area contributed by atoms with Crippen molar-refractivity contribution in [2.75, 3.05) is 6.54 Å². The van der Waals surface area contributed by atoms with E-state index in [0.717, 1.165) is 12.1 Å². The van der Waals surface area contributed by atoms with Gasteiger partial charge in [0.1, 0.15) is 5.60 Å². The van der Waals surface area contributed by atoms with E-state index in [2.05, 4.69) is 5.32 Å². The minimum atomic E-state index is -0.354. The second kappa shape index (κ2) is 4.37. The van der Waals surface area contributed by atoms with Gasteiger partial charge in [0, 0.05) is 18.7 Å². The van der Waals surface area contributed by atoms with Crippen LogP contribution < -0.4 is 10.1 Å². The van der Waals surface area contributed by atoms with Crippen LogP contribution in [0.5, 0.6) is 5.75 Å². The SMILES string of the molecule is CC1(C)CNCc2cccc(F)c2O1.Cl. The number of para-hydroxylation sites is 1. The maximum atomic E-state index is 13.4. The first-order valence-corrected chi connectivity index (χ1v) is 4.76. The fourth-order valence-electron chi connectivity index (χ4n) is 1.62. The van der Waals surface area contributed by atoms with E-state index >= 15 is 0 Å². The summed E-state index contributed by atoms with van der Waals surface area (Å²) in [6, 6.07) is 5.02. The molecule has 2 nitrogen and oxygen atoms in total. The molecule has 0 spiro atoms. The van der Waals surface area contributed by atoms with Crippen molar-refractivity contribution in [2.24, 2.45) is 0 Å². The van der Waals surface area contributed by atoms with Gasteiger partial charge in [-0.2, -0.15) is 0 Å². The Morgan fingerprint density at radius 3 is 2.87 bits per heavy atom. The number of fused-ring (bicyclic) bond motifs is 1. The molecule has 0 aromatic heterocycles. The molecule has 1 aromatic carbocycles. The lowest BCUT2D eigenvalue weighted by Gasteiger charge is -2.24. The van der Waals surface area contributed by atoms with Gasteiger partial charge in [0.05, 0.1) is 0 Å². The van der Waals surface area contributed by atoms with Crippen LogP contribution in [0.15, 0.2) is 18.2 Å². The zero-order valence-corrected chi connectivity index (χ0v) is 9.66. The quantitative estimate of drug-likeness (QED) is 0.741. The highest BCUT2D eigenvalue weighted by Crippen LogP contribution is 2.28. The normalized spacial score (nSPS) is 18.1. The molecule has 1 aliphatic rings. The summed E-state index contributed by atoms with van der Waals surface area (Å²) in [5, 5.41) is 3.23. The summed E-state index contributed by atoms with van der Waals surface area (Å²) in [5.74, 6) is 0.113. The lowest BCUT2D eigenvalue weighted by Crippen LogP contribution is -2.37. The predicted octanol–water partition coefficient (Wildman–Crippen LogP) is 2.51. The molecular weight excluding hydrogens is 217 g/mol. The van der Waals surface area contributed by atoms with Gasteiger partial charge in [-0.1, -0.05) is 12.1 Å². The van der Waals surface area contributed by atoms with E-state index in [0.29, 0.717) is 12.3 Å². The van der Waals surface area contributed by atoms with Gasteiger partial charge in [0.15, 0.2) is 11.6 Å². The standard InChI is InChI=1S/C11H14FNO.ClH/c1-11(2)7-13-6-8-4-3-5-9(12)10(8)14-11;/h3-5,13H,6-7H2,1-2H3;1H. The van der Waals surface area contributed by atoms with E-state index < -0.39 is 0 Å². The van der Waals surface area contributed by atoms with Crippen LogP contribution in [0.25, 0.3) is 0 Å². The molecule has 1 aliphatic heterocycles. The molecule has 0 amide bonds. The van der Waals surface area contributed by atoms with Gasteiger partial charge in [-0.25, -0.2) is 4.39 Å². The largest absolute Gasteiger partial charge is 0.483 e. The third kappa shape index (κ3) is 2.61. The molecule has 0 aliphatic carbocycles. The fourth-order valence-corrected chi connectivity index (χ4v) is 1.62. The number of hydrogen-bond acceptors (Lipinski definition) is 2. The Kier molecular flexibility index (Phi) is 3.58. The second-order valence-corrected chi connectivity index (χ2v) is 4.19.